The molecule has 0 aliphatic rings. The number of hydrogen-bond donors (Lipinski definition) is 2. The Hall–Kier alpha value is -2.94. The molecule has 3 rings (SSSR count). The second-order valence-electron chi connectivity index (χ2n) is 6.70. The van der Waals surface area contributed by atoms with Crippen molar-refractivity contribution in [2.75, 3.05) is 11.9 Å². The molecule has 0 bridgehead atoms. The van der Waals surface area contributed by atoms with Crippen LogP contribution in [-0.4, -0.2) is 20.9 Å². The lowest BCUT2D eigenvalue weighted by Crippen LogP contribution is -2.23. The van der Waals surface area contributed by atoms with Crippen LogP contribution in [0.5, 0.6) is 5.75 Å². The van der Waals surface area contributed by atoms with Crippen LogP contribution >= 0.6 is 11.6 Å². The van der Waals surface area contributed by atoms with E-state index >= 15 is 0 Å². The summed E-state index contributed by atoms with van der Waals surface area (Å²) >= 11 is 5.69. The Kier molecular flexibility index (Phi) is 7.27. The number of amides is 1. The van der Waals surface area contributed by atoms with Crippen molar-refractivity contribution >= 4 is 33.2 Å². The summed E-state index contributed by atoms with van der Waals surface area (Å²) in [6, 6.07) is 17.4. The number of rotatable bonds is 8. The van der Waals surface area contributed by atoms with Crippen LogP contribution < -0.4 is 14.8 Å². The van der Waals surface area contributed by atoms with E-state index in [0.29, 0.717) is 17.0 Å². The molecule has 0 unspecified atom stereocenters. The van der Waals surface area contributed by atoms with Crippen molar-refractivity contribution in [3.8, 4) is 5.75 Å². The number of benzene rings is 3. The maximum absolute atomic E-state index is 13.2. The predicted octanol–water partition coefficient (Wildman–Crippen LogP) is 4.28. The van der Waals surface area contributed by atoms with E-state index in [2.05, 4.69) is 10.0 Å². The Labute approximate surface area is 185 Å². The van der Waals surface area contributed by atoms with Crippen molar-refractivity contribution < 1.29 is 22.3 Å². The molecule has 9 heteroatoms. The molecule has 6 nitrogen and oxygen atoms in total. The zero-order chi connectivity index (χ0) is 22.4. The fourth-order valence-corrected chi connectivity index (χ4v) is 4.01. The predicted molar refractivity (Wildman–Crippen MR) is 117 cm³/mol. The highest BCUT2D eigenvalue weighted by Gasteiger charge is 2.16. The van der Waals surface area contributed by atoms with Gasteiger partial charge >= 0.3 is 0 Å². The normalized spacial score (nSPS) is 11.2. The van der Waals surface area contributed by atoms with E-state index in [9.17, 15) is 17.6 Å². The first-order valence-electron chi connectivity index (χ1n) is 9.26. The van der Waals surface area contributed by atoms with Gasteiger partial charge in [0, 0.05) is 12.2 Å². The summed E-state index contributed by atoms with van der Waals surface area (Å²) in [7, 11) is -3.71. The maximum Gasteiger partial charge on any atom is 0.262 e. The zero-order valence-corrected chi connectivity index (χ0v) is 18.1. The van der Waals surface area contributed by atoms with Crippen LogP contribution in [0.25, 0.3) is 0 Å². The van der Waals surface area contributed by atoms with Crippen LogP contribution in [0.15, 0.2) is 71.6 Å². The van der Waals surface area contributed by atoms with Gasteiger partial charge in [-0.25, -0.2) is 17.5 Å². The minimum atomic E-state index is -3.71. The number of anilines is 1. The number of carbonyl (C=O) groups is 1. The Bertz CT molecular complexity index is 1190. The molecule has 2 N–H and O–H groups in total. The van der Waals surface area contributed by atoms with Gasteiger partial charge in [-0.1, -0.05) is 41.9 Å². The average Bonchev–Trinajstić information content (AvgIpc) is 2.75. The number of nitrogens with one attached hydrogen (secondary N) is 2. The molecule has 162 valence electrons. The molecule has 0 spiro atoms. The molecule has 3 aromatic carbocycles. The van der Waals surface area contributed by atoms with Crippen molar-refractivity contribution in [1.82, 2.24) is 4.72 Å². The third kappa shape index (κ3) is 6.27. The van der Waals surface area contributed by atoms with Crippen LogP contribution in [0.4, 0.5) is 10.1 Å². The van der Waals surface area contributed by atoms with Crippen LogP contribution in [0.3, 0.4) is 0 Å². The first kappa shape index (κ1) is 22.7. The van der Waals surface area contributed by atoms with Crippen LogP contribution in [0.1, 0.15) is 11.1 Å². The molecular formula is C22H20ClFN2O4S. The minimum Gasteiger partial charge on any atom is -0.483 e. The van der Waals surface area contributed by atoms with E-state index in [-0.39, 0.29) is 23.1 Å². The van der Waals surface area contributed by atoms with E-state index in [1.165, 1.54) is 30.3 Å². The molecule has 3 aromatic rings. The minimum absolute atomic E-state index is 0.0960. The maximum atomic E-state index is 13.2. The fourth-order valence-electron chi connectivity index (χ4n) is 2.72. The van der Waals surface area contributed by atoms with Gasteiger partial charge in [-0.2, -0.15) is 0 Å². The molecule has 1 amide bonds. The summed E-state index contributed by atoms with van der Waals surface area (Å²) < 4.78 is 46.3. The number of aryl methyl sites for hydroxylation is 1. The summed E-state index contributed by atoms with van der Waals surface area (Å²) in [5.74, 6) is -0.683. The Morgan fingerprint density at radius 2 is 1.81 bits per heavy atom. The molecule has 31 heavy (non-hydrogen) atoms. The first-order valence-corrected chi connectivity index (χ1v) is 11.1. The van der Waals surface area contributed by atoms with Gasteiger partial charge in [-0.15, -0.1) is 0 Å². The molecule has 0 aliphatic carbocycles. The van der Waals surface area contributed by atoms with E-state index in [1.54, 1.807) is 6.92 Å². The SMILES string of the molecule is Cc1cc(S(=O)(=O)NCc2ccccc2)ccc1OCC(=O)Nc1ccc(F)c(Cl)c1. The average molecular weight is 463 g/mol. The molecule has 0 aromatic heterocycles. The lowest BCUT2D eigenvalue weighted by Gasteiger charge is -2.12. The smallest absolute Gasteiger partial charge is 0.262 e. The lowest BCUT2D eigenvalue weighted by molar-refractivity contribution is -0.118. The number of halogens is 2. The van der Waals surface area contributed by atoms with E-state index in [1.807, 2.05) is 30.3 Å². The van der Waals surface area contributed by atoms with Gasteiger partial charge in [-0.3, -0.25) is 4.79 Å². The van der Waals surface area contributed by atoms with E-state index in [0.717, 1.165) is 11.6 Å². The summed E-state index contributed by atoms with van der Waals surface area (Å²) in [5, 5.41) is 2.44. The van der Waals surface area contributed by atoms with Crippen LogP contribution in [0, 0.1) is 12.7 Å². The fraction of sp³-hybridized carbons (Fsp3) is 0.136. The molecule has 0 heterocycles. The molecule has 0 aliphatic heterocycles. The second-order valence-corrected chi connectivity index (χ2v) is 8.88. The van der Waals surface area contributed by atoms with Crippen molar-refractivity contribution in [2.24, 2.45) is 0 Å². The molecule has 0 saturated carbocycles. The van der Waals surface area contributed by atoms with E-state index < -0.39 is 21.7 Å². The third-order valence-corrected chi connectivity index (χ3v) is 6.02. The van der Waals surface area contributed by atoms with Gasteiger partial charge in [0.1, 0.15) is 11.6 Å². The molecule has 0 saturated heterocycles. The highest BCUT2D eigenvalue weighted by molar-refractivity contribution is 7.89. The number of carbonyl (C=O) groups excluding carboxylic acids is 1. The highest BCUT2D eigenvalue weighted by atomic mass is 35.5. The van der Waals surface area contributed by atoms with Gasteiger partial charge in [0.05, 0.1) is 9.92 Å². The van der Waals surface area contributed by atoms with E-state index in [4.69, 9.17) is 16.3 Å². The summed E-state index contributed by atoms with van der Waals surface area (Å²) in [6.07, 6.45) is 0. The number of ether oxygens (including phenoxy) is 1. The van der Waals surface area contributed by atoms with Gasteiger partial charge in [0.25, 0.3) is 5.91 Å². The van der Waals surface area contributed by atoms with Gasteiger partial charge in [-0.05, 0) is 54.4 Å². The number of hydrogen-bond acceptors (Lipinski definition) is 4. The van der Waals surface area contributed by atoms with Gasteiger partial charge in [0.15, 0.2) is 6.61 Å². The summed E-state index contributed by atoms with van der Waals surface area (Å²) in [4.78, 5) is 12.2. The van der Waals surface area contributed by atoms with Crippen LogP contribution in [-0.2, 0) is 21.4 Å². The number of sulfonamides is 1. The first-order chi connectivity index (χ1) is 14.7. The highest BCUT2D eigenvalue weighted by Crippen LogP contribution is 2.23. The van der Waals surface area contributed by atoms with Crippen molar-refractivity contribution in [2.45, 2.75) is 18.4 Å². The Balaban J connectivity index is 1.59. The molecule has 0 radical (unpaired) electrons. The van der Waals surface area contributed by atoms with Crippen molar-refractivity contribution in [1.29, 1.82) is 0 Å². The van der Waals surface area contributed by atoms with Crippen LogP contribution in [0.2, 0.25) is 5.02 Å². The Morgan fingerprint density at radius 3 is 2.48 bits per heavy atom. The summed E-state index contributed by atoms with van der Waals surface area (Å²) in [5.41, 5.74) is 1.74. The molecule has 0 atom stereocenters. The molecule has 0 fully saturated rings. The van der Waals surface area contributed by atoms with Gasteiger partial charge in [0.2, 0.25) is 10.0 Å². The van der Waals surface area contributed by atoms with Gasteiger partial charge < -0.3 is 10.1 Å². The monoisotopic (exact) mass is 462 g/mol. The summed E-state index contributed by atoms with van der Waals surface area (Å²) in [6.45, 7) is 1.55. The standard InChI is InChI=1S/C22H20ClFN2O4S/c1-15-11-18(31(28,29)25-13-16-5-3-2-4-6-16)8-10-21(15)30-14-22(27)26-17-7-9-20(24)19(23)12-17/h2-12,25H,13-14H2,1H3,(H,26,27). The molecular weight excluding hydrogens is 443 g/mol. The zero-order valence-electron chi connectivity index (χ0n) is 16.6. The largest absolute Gasteiger partial charge is 0.483 e. The quantitative estimate of drug-likeness (QED) is 0.523. The topological polar surface area (TPSA) is 84.5 Å². The third-order valence-electron chi connectivity index (χ3n) is 4.33. The lowest BCUT2D eigenvalue weighted by atomic mass is 10.2. The van der Waals surface area contributed by atoms with Crippen molar-refractivity contribution in [3.05, 3.63) is 88.7 Å². The van der Waals surface area contributed by atoms with Crippen molar-refractivity contribution in [3.63, 3.8) is 0 Å². The second kappa shape index (κ2) is 9.91. The Morgan fingerprint density at radius 1 is 1.06 bits per heavy atom.